The number of carbonyl (C=O) groups excluding carboxylic acids is 2. The zero-order valence-electron chi connectivity index (χ0n) is 14.0. The third kappa shape index (κ3) is 4.29. The molecule has 0 aromatic rings. The van der Waals surface area contributed by atoms with E-state index in [9.17, 15) is 9.59 Å². The van der Waals surface area contributed by atoms with E-state index in [1.807, 2.05) is 4.90 Å². The Kier molecular flexibility index (Phi) is 6.16. The molecule has 1 aliphatic carbocycles. The molecule has 0 bridgehead atoms. The molecular formula is C16H26ClN3O3S. The van der Waals surface area contributed by atoms with Gasteiger partial charge < -0.3 is 20.3 Å². The Morgan fingerprint density at radius 3 is 3.00 bits per heavy atom. The number of urea groups is 1. The number of amides is 3. The molecule has 3 rings (SSSR count). The van der Waals surface area contributed by atoms with Gasteiger partial charge >= 0.3 is 6.03 Å². The number of ether oxygens (including phenoxy) is 1. The van der Waals surface area contributed by atoms with Crippen LogP contribution in [0.25, 0.3) is 0 Å². The van der Waals surface area contributed by atoms with Crippen LogP contribution in [0.5, 0.6) is 0 Å². The number of hydrogen-bond donors (Lipinski definition) is 2. The summed E-state index contributed by atoms with van der Waals surface area (Å²) >= 11 is 7.63. The highest BCUT2D eigenvalue weighted by Gasteiger charge is 2.36. The molecule has 0 spiro atoms. The van der Waals surface area contributed by atoms with E-state index in [4.69, 9.17) is 16.3 Å². The van der Waals surface area contributed by atoms with Crippen LogP contribution in [0.3, 0.4) is 0 Å². The van der Waals surface area contributed by atoms with Crippen LogP contribution in [0.2, 0.25) is 0 Å². The van der Waals surface area contributed by atoms with E-state index in [1.54, 1.807) is 7.11 Å². The molecule has 6 nitrogen and oxygen atoms in total. The van der Waals surface area contributed by atoms with Gasteiger partial charge in [0, 0.05) is 26.7 Å². The fourth-order valence-corrected chi connectivity index (χ4v) is 5.34. The van der Waals surface area contributed by atoms with Crippen molar-refractivity contribution in [3.05, 3.63) is 0 Å². The Hall–Kier alpha value is -0.660. The number of hydrogen-bond acceptors (Lipinski definition) is 4. The fraction of sp³-hybridized carbons (Fsp3) is 0.875. The first kappa shape index (κ1) is 18.1. The van der Waals surface area contributed by atoms with Crippen molar-refractivity contribution in [1.29, 1.82) is 0 Å². The molecular weight excluding hydrogens is 350 g/mol. The molecule has 3 aliphatic rings. The summed E-state index contributed by atoms with van der Waals surface area (Å²) in [5.41, 5.74) is 0. The van der Waals surface area contributed by atoms with Crippen molar-refractivity contribution in [2.24, 2.45) is 11.8 Å². The molecule has 2 aliphatic heterocycles. The molecule has 3 amide bonds. The summed E-state index contributed by atoms with van der Waals surface area (Å²) in [7, 11) is 1.80. The number of piperidine rings is 1. The van der Waals surface area contributed by atoms with E-state index in [2.05, 4.69) is 10.6 Å². The van der Waals surface area contributed by atoms with Crippen LogP contribution in [0.15, 0.2) is 0 Å². The van der Waals surface area contributed by atoms with Crippen molar-refractivity contribution in [1.82, 2.24) is 15.5 Å². The molecule has 0 radical (unpaired) electrons. The van der Waals surface area contributed by atoms with E-state index in [-0.39, 0.29) is 22.7 Å². The van der Waals surface area contributed by atoms with Crippen LogP contribution < -0.4 is 10.6 Å². The van der Waals surface area contributed by atoms with Gasteiger partial charge in [0.1, 0.15) is 0 Å². The molecule has 2 N–H and O–H groups in total. The standard InChI is InChI=1S/C16H26ClN3O3S/c1-23-12-3-2-11-8-20(5-4-10(11)6-12)14(21)9-24-15-13(17)7-18-16(22)19-15/h10-13,15H,2-9H2,1H3,(H2,18,19,22). The highest BCUT2D eigenvalue weighted by atomic mass is 35.5. The number of nitrogens with one attached hydrogen (secondary N) is 2. The number of alkyl halides is 1. The van der Waals surface area contributed by atoms with Gasteiger partial charge in [-0.25, -0.2) is 4.79 Å². The third-order valence-electron chi connectivity index (χ3n) is 5.45. The summed E-state index contributed by atoms with van der Waals surface area (Å²) in [6, 6.07) is -0.215. The number of rotatable bonds is 4. The van der Waals surface area contributed by atoms with E-state index in [1.165, 1.54) is 11.8 Å². The lowest BCUT2D eigenvalue weighted by molar-refractivity contribution is -0.132. The summed E-state index contributed by atoms with van der Waals surface area (Å²) in [5, 5.41) is 5.02. The Bertz CT molecular complexity index is 481. The number of nitrogens with zero attached hydrogens (tertiary/aromatic N) is 1. The van der Waals surface area contributed by atoms with Crippen LogP contribution in [0, 0.1) is 11.8 Å². The average molecular weight is 376 g/mol. The minimum absolute atomic E-state index is 0.156. The number of thioether (sulfide) groups is 1. The van der Waals surface area contributed by atoms with Gasteiger partial charge in [-0.3, -0.25) is 4.79 Å². The van der Waals surface area contributed by atoms with Crippen molar-refractivity contribution in [3.8, 4) is 0 Å². The lowest BCUT2D eigenvalue weighted by atomic mass is 9.74. The van der Waals surface area contributed by atoms with E-state index in [0.29, 0.717) is 30.2 Å². The highest BCUT2D eigenvalue weighted by molar-refractivity contribution is 8.00. The Morgan fingerprint density at radius 1 is 1.38 bits per heavy atom. The predicted octanol–water partition coefficient (Wildman–Crippen LogP) is 1.63. The zero-order valence-corrected chi connectivity index (χ0v) is 15.6. The maximum Gasteiger partial charge on any atom is 0.315 e. The number of halogens is 1. The Labute approximate surface area is 152 Å². The van der Waals surface area contributed by atoms with Gasteiger partial charge in [0.15, 0.2) is 0 Å². The molecule has 2 saturated heterocycles. The van der Waals surface area contributed by atoms with Gasteiger partial charge in [-0.1, -0.05) is 0 Å². The summed E-state index contributed by atoms with van der Waals surface area (Å²) < 4.78 is 5.50. The topological polar surface area (TPSA) is 70.7 Å². The van der Waals surface area contributed by atoms with Crippen LogP contribution in [-0.4, -0.2) is 66.2 Å². The molecule has 0 aromatic carbocycles. The van der Waals surface area contributed by atoms with Crippen LogP contribution >= 0.6 is 23.4 Å². The number of carbonyl (C=O) groups is 2. The summed E-state index contributed by atoms with van der Waals surface area (Å²) in [6.45, 7) is 2.14. The van der Waals surface area contributed by atoms with Gasteiger partial charge in [0.25, 0.3) is 0 Å². The normalized spacial score (nSPS) is 36.5. The highest BCUT2D eigenvalue weighted by Crippen LogP contribution is 2.37. The molecule has 136 valence electrons. The SMILES string of the molecule is COC1CCC2CN(C(=O)CSC3NC(=O)NCC3Cl)CCC2C1. The van der Waals surface area contributed by atoms with Crippen molar-refractivity contribution in [3.63, 3.8) is 0 Å². The molecule has 3 fully saturated rings. The largest absolute Gasteiger partial charge is 0.381 e. The summed E-state index contributed by atoms with van der Waals surface area (Å²) in [6.07, 6.45) is 4.85. The monoisotopic (exact) mass is 375 g/mol. The van der Waals surface area contributed by atoms with Gasteiger partial charge in [-0.05, 0) is 37.5 Å². The van der Waals surface area contributed by atoms with Gasteiger partial charge in [-0.15, -0.1) is 23.4 Å². The zero-order chi connectivity index (χ0) is 17.1. The quantitative estimate of drug-likeness (QED) is 0.733. The van der Waals surface area contributed by atoms with E-state index in [0.717, 1.165) is 38.8 Å². The number of fused-ring (bicyclic) bond motifs is 1. The maximum atomic E-state index is 12.5. The lowest BCUT2D eigenvalue weighted by Gasteiger charge is -2.43. The van der Waals surface area contributed by atoms with Crippen molar-refractivity contribution < 1.29 is 14.3 Å². The molecule has 1 saturated carbocycles. The minimum Gasteiger partial charge on any atom is -0.381 e. The minimum atomic E-state index is -0.215. The first-order valence-corrected chi connectivity index (χ1v) is 10.2. The summed E-state index contributed by atoms with van der Waals surface area (Å²) in [4.78, 5) is 25.9. The maximum absolute atomic E-state index is 12.5. The van der Waals surface area contributed by atoms with Crippen LogP contribution in [-0.2, 0) is 9.53 Å². The van der Waals surface area contributed by atoms with Gasteiger partial charge in [0.2, 0.25) is 5.91 Å². The van der Waals surface area contributed by atoms with Gasteiger partial charge in [0.05, 0.1) is 22.6 Å². The van der Waals surface area contributed by atoms with E-state index >= 15 is 0 Å². The molecule has 8 heteroatoms. The lowest BCUT2D eigenvalue weighted by Crippen LogP contribution is -2.55. The van der Waals surface area contributed by atoms with E-state index < -0.39 is 0 Å². The summed E-state index contributed by atoms with van der Waals surface area (Å²) in [5.74, 6) is 1.82. The molecule has 24 heavy (non-hydrogen) atoms. The second-order valence-electron chi connectivity index (χ2n) is 6.92. The third-order valence-corrected chi connectivity index (χ3v) is 7.22. The first-order chi connectivity index (χ1) is 11.6. The molecule has 5 unspecified atom stereocenters. The Morgan fingerprint density at radius 2 is 2.21 bits per heavy atom. The number of methoxy groups -OCH3 is 1. The van der Waals surface area contributed by atoms with Crippen molar-refractivity contribution in [2.45, 2.75) is 42.5 Å². The van der Waals surface area contributed by atoms with Crippen LogP contribution in [0.1, 0.15) is 25.7 Å². The Balaban J connectivity index is 1.45. The molecule has 0 aromatic heterocycles. The average Bonchev–Trinajstić information content (AvgIpc) is 2.61. The molecule has 5 atom stereocenters. The fourth-order valence-electron chi connectivity index (χ4n) is 3.98. The smallest absolute Gasteiger partial charge is 0.315 e. The second kappa shape index (κ2) is 8.15. The predicted molar refractivity (Wildman–Crippen MR) is 95.2 cm³/mol. The van der Waals surface area contributed by atoms with Crippen LogP contribution in [0.4, 0.5) is 4.79 Å². The van der Waals surface area contributed by atoms with Crippen molar-refractivity contribution in [2.75, 3.05) is 32.5 Å². The second-order valence-corrected chi connectivity index (χ2v) is 8.61. The van der Waals surface area contributed by atoms with Crippen molar-refractivity contribution >= 4 is 35.3 Å². The molecule has 2 heterocycles. The van der Waals surface area contributed by atoms with Gasteiger partial charge in [-0.2, -0.15) is 0 Å². The number of likely N-dealkylation sites (tertiary alicyclic amines) is 1. The first-order valence-electron chi connectivity index (χ1n) is 8.67.